The number of hydrazine groups is 1. The van der Waals surface area contributed by atoms with E-state index in [1.807, 2.05) is 18.3 Å². The van der Waals surface area contributed by atoms with Crippen LogP contribution in [0.1, 0.15) is 45.2 Å². The predicted octanol–water partition coefficient (Wildman–Crippen LogP) is 2.77. The van der Waals surface area contributed by atoms with Gasteiger partial charge >= 0.3 is 0 Å². The van der Waals surface area contributed by atoms with E-state index in [9.17, 15) is 0 Å². The first-order valence-electron chi connectivity index (χ1n) is 6.94. The Hall–Kier alpha value is -1.13. The van der Waals surface area contributed by atoms with E-state index in [1.54, 1.807) is 0 Å². The van der Waals surface area contributed by atoms with Gasteiger partial charge in [0.05, 0.1) is 11.4 Å². The van der Waals surface area contributed by atoms with E-state index in [0.717, 1.165) is 31.0 Å². The Labute approximate surface area is 111 Å². The zero-order valence-electron chi connectivity index (χ0n) is 11.7. The normalized spacial score (nSPS) is 10.9. The van der Waals surface area contributed by atoms with Crippen molar-refractivity contribution in [2.24, 2.45) is 5.84 Å². The number of nitrogens with two attached hydrogens (primary N) is 1. The van der Waals surface area contributed by atoms with Crippen molar-refractivity contribution >= 4 is 5.69 Å². The van der Waals surface area contributed by atoms with Crippen molar-refractivity contribution in [1.82, 2.24) is 9.88 Å². The van der Waals surface area contributed by atoms with Crippen LogP contribution in [0.15, 0.2) is 18.3 Å². The lowest BCUT2D eigenvalue weighted by Gasteiger charge is -2.21. The summed E-state index contributed by atoms with van der Waals surface area (Å²) < 4.78 is 0. The molecule has 18 heavy (non-hydrogen) atoms. The zero-order valence-corrected chi connectivity index (χ0v) is 11.7. The van der Waals surface area contributed by atoms with E-state index in [2.05, 4.69) is 29.2 Å². The van der Waals surface area contributed by atoms with E-state index < -0.39 is 0 Å². The Balaban J connectivity index is 2.56. The van der Waals surface area contributed by atoms with Crippen molar-refractivity contribution < 1.29 is 0 Å². The molecule has 0 aliphatic heterocycles. The summed E-state index contributed by atoms with van der Waals surface area (Å²) in [5.41, 5.74) is 4.67. The van der Waals surface area contributed by atoms with Crippen molar-refractivity contribution in [3.05, 3.63) is 24.0 Å². The largest absolute Gasteiger partial charge is 0.324 e. The second-order valence-corrected chi connectivity index (χ2v) is 4.66. The smallest absolute Gasteiger partial charge is 0.0564 e. The average molecular weight is 250 g/mol. The third-order valence-electron chi connectivity index (χ3n) is 3.02. The number of hydrogen-bond acceptors (Lipinski definition) is 4. The minimum absolute atomic E-state index is 0.912. The predicted molar refractivity (Wildman–Crippen MR) is 77.1 cm³/mol. The van der Waals surface area contributed by atoms with Gasteiger partial charge in [0.15, 0.2) is 0 Å². The second-order valence-electron chi connectivity index (χ2n) is 4.66. The highest BCUT2D eigenvalue weighted by Gasteiger charge is 2.06. The Morgan fingerprint density at radius 3 is 2.44 bits per heavy atom. The highest BCUT2D eigenvalue weighted by molar-refractivity contribution is 5.41. The van der Waals surface area contributed by atoms with Crippen LogP contribution in [-0.2, 0) is 6.54 Å². The quantitative estimate of drug-likeness (QED) is 0.523. The molecule has 0 bridgehead atoms. The Kier molecular flexibility index (Phi) is 7.37. The first-order valence-corrected chi connectivity index (χ1v) is 6.94. The standard InChI is InChI=1S/C14H26N4/c1-3-5-9-18(10-6-4-2)12-14-11-13(17-15)7-8-16-14/h7-8,11H,3-6,9-10,12,15H2,1-2H3,(H,16,17). The van der Waals surface area contributed by atoms with Gasteiger partial charge in [-0.15, -0.1) is 0 Å². The third-order valence-corrected chi connectivity index (χ3v) is 3.02. The maximum atomic E-state index is 5.42. The average Bonchev–Trinajstić information content (AvgIpc) is 2.42. The Morgan fingerprint density at radius 2 is 1.89 bits per heavy atom. The van der Waals surface area contributed by atoms with Crippen molar-refractivity contribution in [3.8, 4) is 0 Å². The highest BCUT2D eigenvalue weighted by atomic mass is 15.2. The fourth-order valence-electron chi connectivity index (χ4n) is 1.92. The molecule has 1 aromatic heterocycles. The number of nitrogen functional groups attached to an aromatic ring is 1. The van der Waals surface area contributed by atoms with Crippen LogP contribution < -0.4 is 11.3 Å². The molecule has 0 aliphatic carbocycles. The number of nitrogens with one attached hydrogen (secondary N) is 1. The van der Waals surface area contributed by atoms with Crippen LogP contribution in [0.3, 0.4) is 0 Å². The van der Waals surface area contributed by atoms with Gasteiger partial charge in [-0.1, -0.05) is 26.7 Å². The zero-order chi connectivity index (χ0) is 13.2. The van der Waals surface area contributed by atoms with Crippen LogP contribution in [0.25, 0.3) is 0 Å². The summed E-state index contributed by atoms with van der Waals surface area (Å²) in [5.74, 6) is 5.42. The molecular weight excluding hydrogens is 224 g/mol. The molecule has 0 spiro atoms. The minimum atomic E-state index is 0.912. The summed E-state index contributed by atoms with van der Waals surface area (Å²) in [6.45, 7) is 7.68. The van der Waals surface area contributed by atoms with Crippen molar-refractivity contribution in [3.63, 3.8) is 0 Å². The van der Waals surface area contributed by atoms with Gasteiger partial charge in [-0.25, -0.2) is 0 Å². The topological polar surface area (TPSA) is 54.2 Å². The maximum absolute atomic E-state index is 5.42. The maximum Gasteiger partial charge on any atom is 0.0564 e. The molecule has 0 aromatic carbocycles. The molecule has 0 radical (unpaired) electrons. The first-order chi connectivity index (χ1) is 8.80. The van der Waals surface area contributed by atoms with Crippen LogP contribution in [-0.4, -0.2) is 23.0 Å². The van der Waals surface area contributed by atoms with Crippen molar-refractivity contribution in [2.75, 3.05) is 18.5 Å². The summed E-state index contributed by atoms with van der Waals surface area (Å²) in [4.78, 5) is 6.89. The SMILES string of the molecule is CCCCN(CCCC)Cc1cc(NN)ccn1. The summed E-state index contributed by atoms with van der Waals surface area (Å²) in [6, 6.07) is 3.90. The molecule has 102 valence electrons. The second kappa shape index (κ2) is 8.89. The fourth-order valence-corrected chi connectivity index (χ4v) is 1.92. The molecule has 0 unspecified atom stereocenters. The molecule has 0 aliphatic rings. The number of pyridine rings is 1. The molecule has 4 nitrogen and oxygen atoms in total. The van der Waals surface area contributed by atoms with Crippen molar-refractivity contribution in [1.29, 1.82) is 0 Å². The summed E-state index contributed by atoms with van der Waals surface area (Å²) in [6.07, 6.45) is 6.78. The Bertz CT molecular complexity index is 319. The number of unbranched alkanes of at least 4 members (excludes halogenated alkanes) is 2. The molecule has 0 fully saturated rings. The van der Waals surface area contributed by atoms with Crippen LogP contribution in [0.2, 0.25) is 0 Å². The lowest BCUT2D eigenvalue weighted by Crippen LogP contribution is -2.26. The molecule has 0 amide bonds. The van der Waals surface area contributed by atoms with Gasteiger partial charge in [-0.3, -0.25) is 15.7 Å². The van der Waals surface area contributed by atoms with E-state index in [4.69, 9.17) is 5.84 Å². The molecule has 0 saturated heterocycles. The minimum Gasteiger partial charge on any atom is -0.324 e. The van der Waals surface area contributed by atoms with Gasteiger partial charge in [0, 0.05) is 12.7 Å². The van der Waals surface area contributed by atoms with E-state index >= 15 is 0 Å². The monoisotopic (exact) mass is 250 g/mol. The number of hydrogen-bond donors (Lipinski definition) is 2. The Morgan fingerprint density at radius 1 is 1.22 bits per heavy atom. The summed E-state index contributed by atoms with van der Waals surface area (Å²) in [5, 5.41) is 0. The number of anilines is 1. The lowest BCUT2D eigenvalue weighted by atomic mass is 10.2. The third kappa shape index (κ3) is 5.47. The van der Waals surface area contributed by atoms with Crippen LogP contribution >= 0.6 is 0 Å². The van der Waals surface area contributed by atoms with E-state index in [0.29, 0.717) is 0 Å². The van der Waals surface area contributed by atoms with Gasteiger partial charge < -0.3 is 5.43 Å². The van der Waals surface area contributed by atoms with E-state index in [1.165, 1.54) is 25.7 Å². The summed E-state index contributed by atoms with van der Waals surface area (Å²) >= 11 is 0. The van der Waals surface area contributed by atoms with Gasteiger partial charge in [0.1, 0.15) is 0 Å². The highest BCUT2D eigenvalue weighted by Crippen LogP contribution is 2.10. The van der Waals surface area contributed by atoms with E-state index in [-0.39, 0.29) is 0 Å². The number of aromatic nitrogens is 1. The molecule has 0 atom stereocenters. The van der Waals surface area contributed by atoms with Crippen molar-refractivity contribution in [2.45, 2.75) is 46.1 Å². The molecule has 1 rings (SSSR count). The van der Waals surface area contributed by atoms with Crippen LogP contribution in [0, 0.1) is 0 Å². The molecule has 1 heterocycles. The molecule has 0 saturated carbocycles. The van der Waals surface area contributed by atoms with Gasteiger partial charge in [-0.05, 0) is 38.1 Å². The van der Waals surface area contributed by atoms with Gasteiger partial charge in [-0.2, -0.15) is 0 Å². The number of nitrogens with zero attached hydrogens (tertiary/aromatic N) is 2. The first kappa shape index (κ1) is 14.9. The van der Waals surface area contributed by atoms with Gasteiger partial charge in [0.2, 0.25) is 0 Å². The molecule has 4 heteroatoms. The summed E-state index contributed by atoms with van der Waals surface area (Å²) in [7, 11) is 0. The lowest BCUT2D eigenvalue weighted by molar-refractivity contribution is 0.254. The van der Waals surface area contributed by atoms with Crippen LogP contribution in [0.5, 0.6) is 0 Å². The molecular formula is C14H26N4. The molecule has 1 aromatic rings. The van der Waals surface area contributed by atoms with Crippen LogP contribution in [0.4, 0.5) is 5.69 Å². The molecule has 3 N–H and O–H groups in total. The van der Waals surface area contributed by atoms with Gasteiger partial charge in [0.25, 0.3) is 0 Å². The fraction of sp³-hybridized carbons (Fsp3) is 0.643. The number of rotatable bonds is 9.